The minimum absolute atomic E-state index is 0. The molecular weight excluding hydrogens is 449 g/mol. The Morgan fingerprint density at radius 3 is 1.42 bits per heavy atom. The van der Waals surface area contributed by atoms with E-state index in [0.29, 0.717) is 11.8 Å². The van der Waals surface area contributed by atoms with Crippen LogP contribution in [0.4, 0.5) is 11.4 Å². The summed E-state index contributed by atoms with van der Waals surface area (Å²) >= 11 is 0. The van der Waals surface area contributed by atoms with E-state index in [4.69, 9.17) is 15.0 Å². The van der Waals surface area contributed by atoms with Gasteiger partial charge in [-0.15, -0.1) is 0 Å². The molecule has 0 N–H and O–H groups in total. The quantitative estimate of drug-likeness (QED) is 0.325. The van der Waals surface area contributed by atoms with Gasteiger partial charge in [-0.2, -0.15) is 0 Å². The van der Waals surface area contributed by atoms with E-state index < -0.39 is 0 Å². The van der Waals surface area contributed by atoms with Gasteiger partial charge in [-0.25, -0.2) is 4.98 Å². The molecule has 3 rings (SSSR count). The molecule has 0 amide bonds. The molecule has 0 saturated carbocycles. The van der Waals surface area contributed by atoms with Gasteiger partial charge in [0, 0.05) is 16.8 Å². The maximum Gasteiger partial charge on any atom is 0.0849 e. The first kappa shape index (κ1) is 26.7. The summed E-state index contributed by atoms with van der Waals surface area (Å²) in [7, 11) is 0. The van der Waals surface area contributed by atoms with Crippen molar-refractivity contribution >= 4 is 22.8 Å². The number of aryl methyl sites for hydroxylation is 2. The maximum absolute atomic E-state index is 4.94. The van der Waals surface area contributed by atoms with Gasteiger partial charge in [0.15, 0.2) is 0 Å². The SMILES string of the molecule is CC(=Nc1ccc(C)cc1C(C)C)c1cccc(C(C)=Nc2ccc(C)cc2C(C)C)n1.[Co]. The topological polar surface area (TPSA) is 37.6 Å². The fraction of sp³-hybridized carbons (Fsp3) is 0.345. The van der Waals surface area contributed by atoms with Crippen LogP contribution in [0.25, 0.3) is 0 Å². The molecule has 0 aliphatic carbocycles. The van der Waals surface area contributed by atoms with Crippen LogP contribution in [0.3, 0.4) is 0 Å². The average Bonchev–Trinajstić information content (AvgIpc) is 2.75. The van der Waals surface area contributed by atoms with Crippen LogP contribution >= 0.6 is 0 Å². The van der Waals surface area contributed by atoms with E-state index in [2.05, 4.69) is 77.9 Å². The molecule has 33 heavy (non-hydrogen) atoms. The molecule has 2 aromatic carbocycles. The van der Waals surface area contributed by atoms with Gasteiger partial charge < -0.3 is 0 Å². The molecule has 4 heteroatoms. The average molecular weight is 485 g/mol. The molecule has 3 aromatic rings. The van der Waals surface area contributed by atoms with Crippen LogP contribution in [0.5, 0.6) is 0 Å². The zero-order valence-electron chi connectivity index (χ0n) is 21.0. The Kier molecular flexibility index (Phi) is 9.32. The zero-order valence-corrected chi connectivity index (χ0v) is 22.1. The smallest absolute Gasteiger partial charge is 0.0849 e. The second-order valence-corrected chi connectivity index (χ2v) is 9.24. The van der Waals surface area contributed by atoms with E-state index in [-0.39, 0.29) is 16.8 Å². The van der Waals surface area contributed by atoms with Crippen LogP contribution in [0.2, 0.25) is 0 Å². The van der Waals surface area contributed by atoms with Crippen molar-refractivity contribution in [1.29, 1.82) is 0 Å². The summed E-state index contributed by atoms with van der Waals surface area (Å²) in [5, 5.41) is 0. The minimum atomic E-state index is 0. The third-order valence-corrected chi connectivity index (χ3v) is 5.68. The van der Waals surface area contributed by atoms with Gasteiger partial charge in [-0.1, -0.05) is 69.2 Å². The normalized spacial score (nSPS) is 12.3. The van der Waals surface area contributed by atoms with Crippen LogP contribution in [0, 0.1) is 13.8 Å². The Morgan fingerprint density at radius 2 is 1.06 bits per heavy atom. The van der Waals surface area contributed by atoms with Crippen LogP contribution in [-0.2, 0) is 16.8 Å². The Hall–Kier alpha value is -2.56. The maximum atomic E-state index is 4.94. The first-order valence-corrected chi connectivity index (χ1v) is 11.4. The summed E-state index contributed by atoms with van der Waals surface area (Å²) in [6.07, 6.45) is 0. The monoisotopic (exact) mass is 484 g/mol. The number of hydrogen-bond acceptors (Lipinski definition) is 3. The summed E-state index contributed by atoms with van der Waals surface area (Å²) < 4.78 is 0. The summed E-state index contributed by atoms with van der Waals surface area (Å²) in [4.78, 5) is 14.8. The van der Waals surface area contributed by atoms with Gasteiger partial charge in [0.2, 0.25) is 0 Å². The molecule has 0 saturated heterocycles. The van der Waals surface area contributed by atoms with Crippen LogP contribution in [-0.4, -0.2) is 16.4 Å². The van der Waals surface area contributed by atoms with Crippen molar-refractivity contribution in [2.75, 3.05) is 0 Å². The molecule has 175 valence electrons. The van der Waals surface area contributed by atoms with E-state index in [1.54, 1.807) is 0 Å². The first-order chi connectivity index (χ1) is 15.2. The molecule has 0 aliphatic rings. The van der Waals surface area contributed by atoms with Crippen molar-refractivity contribution in [3.05, 3.63) is 88.2 Å². The molecular formula is C29H35CoN3. The predicted octanol–water partition coefficient (Wildman–Crippen LogP) is 8.22. The standard InChI is InChI=1S/C29H35N3.Co/c1-18(2)24-16-20(5)12-14-28(24)30-22(7)26-10-9-11-27(32-26)23(8)31-29-15-13-21(6)17-25(29)19(3)4;/h9-19H,1-8H3;. The number of nitrogens with zero attached hydrogens (tertiary/aromatic N) is 3. The zero-order chi connectivity index (χ0) is 23.4. The molecule has 0 aliphatic heterocycles. The number of rotatable bonds is 6. The molecule has 0 spiro atoms. The fourth-order valence-electron chi connectivity index (χ4n) is 3.79. The van der Waals surface area contributed by atoms with Gasteiger partial charge in [-0.05, 0) is 74.9 Å². The fourth-order valence-corrected chi connectivity index (χ4v) is 3.79. The molecule has 1 heterocycles. The second kappa shape index (κ2) is 11.5. The van der Waals surface area contributed by atoms with Crippen molar-refractivity contribution in [1.82, 2.24) is 4.98 Å². The first-order valence-electron chi connectivity index (χ1n) is 11.4. The Bertz CT molecular complexity index is 1080. The van der Waals surface area contributed by atoms with Crippen LogP contribution in [0.15, 0.2) is 64.6 Å². The van der Waals surface area contributed by atoms with E-state index in [1.807, 2.05) is 32.0 Å². The van der Waals surface area contributed by atoms with E-state index in [9.17, 15) is 0 Å². The number of benzene rings is 2. The van der Waals surface area contributed by atoms with Gasteiger partial charge in [0.05, 0.1) is 34.2 Å². The van der Waals surface area contributed by atoms with Gasteiger partial charge in [0.1, 0.15) is 0 Å². The molecule has 0 bridgehead atoms. The third kappa shape index (κ3) is 6.72. The molecule has 0 fully saturated rings. The molecule has 0 unspecified atom stereocenters. The van der Waals surface area contributed by atoms with Crippen LogP contribution in [0.1, 0.15) is 87.0 Å². The predicted molar refractivity (Wildman–Crippen MR) is 139 cm³/mol. The van der Waals surface area contributed by atoms with Crippen LogP contribution < -0.4 is 0 Å². The van der Waals surface area contributed by atoms with Gasteiger partial charge in [-0.3, -0.25) is 9.98 Å². The largest absolute Gasteiger partial charge is 0.251 e. The molecule has 3 nitrogen and oxygen atoms in total. The van der Waals surface area contributed by atoms with Gasteiger partial charge in [0.25, 0.3) is 0 Å². The number of pyridine rings is 1. The number of hydrogen-bond donors (Lipinski definition) is 0. The van der Waals surface area contributed by atoms with E-state index in [1.165, 1.54) is 22.3 Å². The summed E-state index contributed by atoms with van der Waals surface area (Å²) in [5.41, 5.74) is 10.6. The Morgan fingerprint density at radius 1 is 0.667 bits per heavy atom. The van der Waals surface area contributed by atoms with E-state index >= 15 is 0 Å². The third-order valence-electron chi connectivity index (χ3n) is 5.68. The Labute approximate surface area is 209 Å². The molecule has 1 aromatic heterocycles. The van der Waals surface area contributed by atoms with Crippen molar-refractivity contribution in [3.8, 4) is 0 Å². The van der Waals surface area contributed by atoms with Crippen molar-refractivity contribution in [2.45, 2.75) is 67.2 Å². The summed E-state index contributed by atoms with van der Waals surface area (Å²) in [6.45, 7) is 17.1. The van der Waals surface area contributed by atoms with Gasteiger partial charge >= 0.3 is 0 Å². The minimum Gasteiger partial charge on any atom is -0.251 e. The van der Waals surface area contributed by atoms with Crippen molar-refractivity contribution in [3.63, 3.8) is 0 Å². The van der Waals surface area contributed by atoms with Crippen molar-refractivity contribution in [2.24, 2.45) is 9.98 Å². The second-order valence-electron chi connectivity index (χ2n) is 9.24. The van der Waals surface area contributed by atoms with E-state index in [0.717, 1.165) is 34.2 Å². The Balaban J connectivity index is 0.00000385. The van der Waals surface area contributed by atoms with Crippen molar-refractivity contribution < 1.29 is 16.8 Å². The number of aromatic nitrogens is 1. The summed E-state index contributed by atoms with van der Waals surface area (Å²) in [5.74, 6) is 0.833. The molecule has 1 radical (unpaired) electrons. The number of aliphatic imine (C=N–C) groups is 2. The molecule has 0 atom stereocenters. The summed E-state index contributed by atoms with van der Waals surface area (Å²) in [6, 6.07) is 19.0.